The minimum Gasteiger partial charge on any atom is -0.422 e. The molecule has 0 spiro atoms. The Hall–Kier alpha value is -4.08. The molecular formula is C23H14ClN3O5S. The van der Waals surface area contributed by atoms with Gasteiger partial charge in [0.15, 0.2) is 0 Å². The number of hydrogen-bond donors (Lipinski definition) is 1. The number of nitrogens with one attached hydrogen (secondary N) is 1. The average molecular weight is 480 g/mol. The molecule has 0 bridgehead atoms. The van der Waals surface area contributed by atoms with Crippen molar-refractivity contribution in [3.63, 3.8) is 0 Å². The molecule has 33 heavy (non-hydrogen) atoms. The Morgan fingerprint density at radius 1 is 1.06 bits per heavy atom. The second-order valence-corrected chi connectivity index (χ2v) is 8.14. The number of ether oxygens (including phenoxy) is 1. The molecule has 4 aromatic rings. The Labute approximate surface area is 196 Å². The van der Waals surface area contributed by atoms with E-state index in [9.17, 15) is 19.7 Å². The van der Waals surface area contributed by atoms with Gasteiger partial charge >= 0.3 is 5.97 Å². The summed E-state index contributed by atoms with van der Waals surface area (Å²) in [6.07, 6.45) is 1.38. The molecule has 0 fully saturated rings. The van der Waals surface area contributed by atoms with E-state index in [1.807, 2.05) is 24.3 Å². The van der Waals surface area contributed by atoms with E-state index in [2.05, 4.69) is 10.5 Å². The highest BCUT2D eigenvalue weighted by atomic mass is 35.5. The van der Waals surface area contributed by atoms with Crippen molar-refractivity contribution in [2.75, 3.05) is 0 Å². The van der Waals surface area contributed by atoms with Gasteiger partial charge in [-0.15, -0.1) is 11.3 Å². The standard InChI is InChI=1S/C23H14ClN3O5S/c24-20-18-6-1-2-7-19(18)33-21(20)23(29)32-17-5-3-4-14(12-17)13-25-26-22(28)15-8-10-16(11-9-15)27(30)31/h1-13H,(H,26,28)/b25-13-. The Kier molecular flexibility index (Phi) is 6.43. The number of thiophene rings is 1. The maximum Gasteiger partial charge on any atom is 0.355 e. The number of nitro benzene ring substituents is 1. The van der Waals surface area contributed by atoms with Gasteiger partial charge in [-0.2, -0.15) is 5.10 Å². The number of hydrazone groups is 1. The quantitative estimate of drug-likeness (QED) is 0.130. The first-order chi connectivity index (χ1) is 15.9. The van der Waals surface area contributed by atoms with Crippen LogP contribution in [0.5, 0.6) is 5.75 Å². The Morgan fingerprint density at radius 3 is 2.55 bits per heavy atom. The molecule has 0 aliphatic rings. The number of nitrogens with zero attached hydrogens (tertiary/aromatic N) is 2. The SMILES string of the molecule is O=C(N/N=C\c1cccc(OC(=O)c2sc3ccccc3c2Cl)c1)c1ccc([N+](=O)[O-])cc1. The summed E-state index contributed by atoms with van der Waals surface area (Å²) >= 11 is 7.59. The molecule has 1 aromatic heterocycles. The van der Waals surface area contributed by atoms with Gasteiger partial charge in [0, 0.05) is 27.8 Å². The molecule has 4 rings (SSSR count). The highest BCUT2D eigenvalue weighted by Gasteiger charge is 2.19. The third-order valence-electron chi connectivity index (χ3n) is 4.51. The van der Waals surface area contributed by atoms with Gasteiger partial charge in [-0.25, -0.2) is 10.2 Å². The molecule has 0 aliphatic carbocycles. The van der Waals surface area contributed by atoms with E-state index in [4.69, 9.17) is 16.3 Å². The van der Waals surface area contributed by atoms with Crippen LogP contribution in [-0.2, 0) is 0 Å². The van der Waals surface area contributed by atoms with Gasteiger partial charge in [-0.3, -0.25) is 14.9 Å². The van der Waals surface area contributed by atoms with Crippen molar-refractivity contribution in [3.8, 4) is 5.75 Å². The summed E-state index contributed by atoms with van der Waals surface area (Å²) in [5.74, 6) is -0.802. The van der Waals surface area contributed by atoms with Gasteiger partial charge in [0.05, 0.1) is 16.2 Å². The number of non-ortho nitro benzene ring substituents is 1. The van der Waals surface area contributed by atoms with Crippen molar-refractivity contribution in [1.29, 1.82) is 0 Å². The van der Waals surface area contributed by atoms with Crippen molar-refractivity contribution >= 4 is 56.8 Å². The van der Waals surface area contributed by atoms with Gasteiger partial charge in [0.1, 0.15) is 10.6 Å². The molecule has 1 heterocycles. The number of amides is 1. The van der Waals surface area contributed by atoms with Gasteiger partial charge in [0.2, 0.25) is 0 Å². The number of carbonyl (C=O) groups is 2. The highest BCUT2D eigenvalue weighted by Crippen LogP contribution is 2.35. The molecule has 0 radical (unpaired) electrons. The van der Waals surface area contributed by atoms with Gasteiger partial charge in [-0.1, -0.05) is 41.9 Å². The number of rotatable bonds is 6. The van der Waals surface area contributed by atoms with E-state index in [0.717, 1.165) is 10.1 Å². The molecule has 0 atom stereocenters. The van der Waals surface area contributed by atoms with Crippen LogP contribution in [0.2, 0.25) is 5.02 Å². The zero-order valence-electron chi connectivity index (χ0n) is 16.7. The first-order valence-electron chi connectivity index (χ1n) is 9.49. The maximum absolute atomic E-state index is 12.6. The Morgan fingerprint density at radius 2 is 1.82 bits per heavy atom. The Balaban J connectivity index is 1.41. The predicted octanol–water partition coefficient (Wildman–Crippen LogP) is 5.45. The minimum absolute atomic E-state index is 0.113. The summed E-state index contributed by atoms with van der Waals surface area (Å²) in [4.78, 5) is 35.2. The van der Waals surface area contributed by atoms with E-state index in [-0.39, 0.29) is 11.3 Å². The number of benzene rings is 3. The number of nitro groups is 1. The van der Waals surface area contributed by atoms with E-state index in [1.54, 1.807) is 24.3 Å². The zero-order chi connectivity index (χ0) is 23.4. The van der Waals surface area contributed by atoms with Crippen LogP contribution >= 0.6 is 22.9 Å². The summed E-state index contributed by atoms with van der Waals surface area (Å²) in [5, 5.41) is 15.7. The monoisotopic (exact) mass is 479 g/mol. The number of carbonyl (C=O) groups excluding carboxylic acids is 2. The molecule has 1 amide bonds. The fourth-order valence-electron chi connectivity index (χ4n) is 2.92. The molecule has 0 unspecified atom stereocenters. The molecule has 10 heteroatoms. The number of fused-ring (bicyclic) bond motifs is 1. The van der Waals surface area contributed by atoms with Crippen LogP contribution in [0.1, 0.15) is 25.6 Å². The van der Waals surface area contributed by atoms with E-state index < -0.39 is 16.8 Å². The minimum atomic E-state index is -0.568. The molecule has 0 saturated carbocycles. The number of esters is 1. The van der Waals surface area contributed by atoms with Crippen LogP contribution < -0.4 is 10.2 Å². The summed E-state index contributed by atoms with van der Waals surface area (Å²) in [6.45, 7) is 0. The molecule has 8 nitrogen and oxygen atoms in total. The van der Waals surface area contributed by atoms with Crippen LogP contribution in [0.25, 0.3) is 10.1 Å². The first kappa shape index (κ1) is 22.1. The largest absolute Gasteiger partial charge is 0.422 e. The fourth-order valence-corrected chi connectivity index (χ4v) is 4.31. The molecule has 0 aliphatic heterocycles. The zero-order valence-corrected chi connectivity index (χ0v) is 18.3. The normalized spacial score (nSPS) is 10.9. The number of halogens is 1. The molecular weight excluding hydrogens is 466 g/mol. The second kappa shape index (κ2) is 9.60. The van der Waals surface area contributed by atoms with Crippen molar-refractivity contribution in [2.24, 2.45) is 5.10 Å². The Bertz CT molecular complexity index is 1400. The first-order valence-corrected chi connectivity index (χ1v) is 10.7. The lowest BCUT2D eigenvalue weighted by Crippen LogP contribution is -2.17. The molecule has 3 aromatic carbocycles. The molecule has 0 saturated heterocycles. The predicted molar refractivity (Wildman–Crippen MR) is 126 cm³/mol. The van der Waals surface area contributed by atoms with E-state index in [1.165, 1.54) is 41.8 Å². The lowest BCUT2D eigenvalue weighted by atomic mass is 10.2. The third kappa shape index (κ3) is 5.05. The lowest BCUT2D eigenvalue weighted by molar-refractivity contribution is -0.384. The lowest BCUT2D eigenvalue weighted by Gasteiger charge is -2.04. The van der Waals surface area contributed by atoms with Crippen molar-refractivity contribution in [3.05, 3.63) is 104 Å². The fraction of sp³-hybridized carbons (Fsp3) is 0. The summed E-state index contributed by atoms with van der Waals surface area (Å²) in [5.41, 5.74) is 3.03. The summed E-state index contributed by atoms with van der Waals surface area (Å²) in [7, 11) is 0. The van der Waals surface area contributed by atoms with Crippen molar-refractivity contribution < 1.29 is 19.2 Å². The van der Waals surface area contributed by atoms with Gasteiger partial charge < -0.3 is 4.74 Å². The van der Waals surface area contributed by atoms with Crippen LogP contribution in [-0.4, -0.2) is 23.0 Å². The van der Waals surface area contributed by atoms with E-state index >= 15 is 0 Å². The average Bonchev–Trinajstić information content (AvgIpc) is 3.16. The molecule has 1 N–H and O–H groups in total. The maximum atomic E-state index is 12.6. The highest BCUT2D eigenvalue weighted by molar-refractivity contribution is 7.21. The third-order valence-corrected chi connectivity index (χ3v) is 6.16. The van der Waals surface area contributed by atoms with Crippen LogP contribution in [0.4, 0.5) is 5.69 Å². The van der Waals surface area contributed by atoms with Crippen LogP contribution in [0.3, 0.4) is 0 Å². The smallest absolute Gasteiger partial charge is 0.355 e. The molecule has 164 valence electrons. The van der Waals surface area contributed by atoms with Crippen molar-refractivity contribution in [2.45, 2.75) is 0 Å². The van der Waals surface area contributed by atoms with Crippen LogP contribution in [0, 0.1) is 10.1 Å². The summed E-state index contributed by atoms with van der Waals surface area (Å²) in [6, 6.07) is 19.2. The topological polar surface area (TPSA) is 111 Å². The summed E-state index contributed by atoms with van der Waals surface area (Å²) < 4.78 is 6.35. The van der Waals surface area contributed by atoms with Crippen LogP contribution in [0.15, 0.2) is 77.9 Å². The van der Waals surface area contributed by atoms with Crippen molar-refractivity contribution in [1.82, 2.24) is 5.43 Å². The van der Waals surface area contributed by atoms with Gasteiger partial charge in [0.25, 0.3) is 11.6 Å². The van der Waals surface area contributed by atoms with E-state index in [0.29, 0.717) is 21.2 Å². The second-order valence-electron chi connectivity index (χ2n) is 6.71. The number of hydrogen-bond acceptors (Lipinski definition) is 7. The van der Waals surface area contributed by atoms with Gasteiger partial charge in [-0.05, 0) is 35.9 Å².